The van der Waals surface area contributed by atoms with Crippen molar-refractivity contribution >= 4 is 48.8 Å². The Bertz CT molecular complexity index is 595. The summed E-state index contributed by atoms with van der Waals surface area (Å²) in [6.45, 7) is 1.97. The summed E-state index contributed by atoms with van der Waals surface area (Å²) in [5.41, 5.74) is 6.96. The number of alkyl halides is 1. The van der Waals surface area contributed by atoms with Crippen LogP contribution in [0.15, 0.2) is 4.73 Å². The first-order valence-corrected chi connectivity index (χ1v) is 7.02. The quantitative estimate of drug-likeness (QED) is 0.630. The van der Waals surface area contributed by atoms with Gasteiger partial charge in [0.05, 0.1) is 0 Å². The summed E-state index contributed by atoms with van der Waals surface area (Å²) in [5.74, 6) is 0.509. The minimum absolute atomic E-state index is 0.254. The number of hydrogen-bond acceptors (Lipinski definition) is 5. The van der Waals surface area contributed by atoms with Crippen molar-refractivity contribution in [2.45, 2.75) is 24.3 Å². The van der Waals surface area contributed by atoms with Gasteiger partial charge in [0.1, 0.15) is 0 Å². The van der Waals surface area contributed by atoms with Gasteiger partial charge in [0, 0.05) is 7.05 Å². The second-order valence-corrected chi connectivity index (χ2v) is 6.08. The van der Waals surface area contributed by atoms with Gasteiger partial charge in [0.25, 0.3) is 0 Å². The lowest BCUT2D eigenvalue weighted by Crippen LogP contribution is -2.21. The van der Waals surface area contributed by atoms with Crippen LogP contribution < -0.4 is 5.73 Å². The summed E-state index contributed by atoms with van der Waals surface area (Å²) in [7, 11) is 1.81. The van der Waals surface area contributed by atoms with Crippen LogP contribution in [-0.2, 0) is 11.6 Å². The number of rotatable bonds is 3. The summed E-state index contributed by atoms with van der Waals surface area (Å²) >= 11 is 6.54. The first-order chi connectivity index (χ1) is 8.36. The van der Waals surface area contributed by atoms with E-state index in [4.69, 9.17) is 5.73 Å². The van der Waals surface area contributed by atoms with Crippen molar-refractivity contribution in [2.75, 3.05) is 5.73 Å². The van der Waals surface area contributed by atoms with Gasteiger partial charge in [-0.1, -0.05) is 13.3 Å². The Kier molecular flexibility index (Phi) is 3.61. The molecule has 0 saturated heterocycles. The van der Waals surface area contributed by atoms with E-state index < -0.39 is 4.51 Å². The lowest BCUT2D eigenvalue weighted by molar-refractivity contribution is 0.125. The van der Waals surface area contributed by atoms with Crippen molar-refractivity contribution in [1.82, 2.24) is 19.5 Å². The predicted octanol–water partition coefficient (Wildman–Crippen LogP) is 2.05. The molecule has 2 heterocycles. The van der Waals surface area contributed by atoms with E-state index in [1.165, 1.54) is 0 Å². The predicted molar refractivity (Wildman–Crippen MR) is 76.1 cm³/mol. The van der Waals surface area contributed by atoms with Crippen molar-refractivity contribution in [1.29, 1.82) is 0 Å². The fourth-order valence-electron chi connectivity index (χ4n) is 1.67. The van der Waals surface area contributed by atoms with Gasteiger partial charge in [-0.3, -0.25) is 0 Å². The zero-order valence-corrected chi connectivity index (χ0v) is 13.2. The molecule has 98 valence electrons. The van der Waals surface area contributed by atoms with Gasteiger partial charge in [0.15, 0.2) is 32.1 Å². The maximum Gasteiger partial charge on any atom is 0.179 e. The molecule has 2 aromatic rings. The van der Waals surface area contributed by atoms with Crippen molar-refractivity contribution in [3.8, 4) is 0 Å². The highest BCUT2D eigenvalue weighted by molar-refractivity contribution is 9.10. The molecular formula is C10H13Br2N5O. The number of imidazole rings is 1. The van der Waals surface area contributed by atoms with E-state index in [0.717, 1.165) is 6.42 Å². The average molecular weight is 379 g/mol. The first kappa shape index (κ1) is 13.7. The number of nitrogens with two attached hydrogens (primary N) is 1. The third-order valence-electron chi connectivity index (χ3n) is 2.62. The largest absolute Gasteiger partial charge is 0.382 e. The number of nitrogens with zero attached hydrogens (tertiary/aromatic N) is 4. The van der Waals surface area contributed by atoms with Gasteiger partial charge < -0.3 is 15.4 Å². The highest BCUT2D eigenvalue weighted by Gasteiger charge is 2.29. The Labute approximate surface area is 121 Å². The third-order valence-corrected chi connectivity index (χ3v) is 4.08. The maximum atomic E-state index is 10.3. The highest BCUT2D eigenvalue weighted by Crippen LogP contribution is 2.32. The molecule has 0 bridgehead atoms. The van der Waals surface area contributed by atoms with Crippen LogP contribution in [0.5, 0.6) is 0 Å². The normalized spacial score (nSPS) is 14.9. The number of hydrogen-bond donors (Lipinski definition) is 2. The Morgan fingerprint density at radius 3 is 2.67 bits per heavy atom. The molecule has 0 aromatic carbocycles. The molecule has 0 aliphatic carbocycles. The molecule has 6 nitrogen and oxygen atoms in total. The summed E-state index contributed by atoms with van der Waals surface area (Å²) in [4.78, 5) is 12.7. The van der Waals surface area contributed by atoms with Crippen LogP contribution in [0.1, 0.15) is 25.6 Å². The molecule has 3 N–H and O–H groups in total. The SMILES string of the molecule is CCCC(O)(Br)c1nc(N)c2nc(Br)n(C)c2n1. The van der Waals surface area contributed by atoms with E-state index >= 15 is 0 Å². The fraction of sp³-hybridized carbons (Fsp3) is 0.500. The summed E-state index contributed by atoms with van der Waals surface area (Å²) < 4.78 is 1.09. The minimum atomic E-state index is -1.26. The summed E-state index contributed by atoms with van der Waals surface area (Å²) in [5, 5.41) is 10.3. The molecule has 2 aromatic heterocycles. The lowest BCUT2D eigenvalue weighted by Gasteiger charge is -2.18. The van der Waals surface area contributed by atoms with E-state index in [2.05, 4.69) is 46.8 Å². The van der Waals surface area contributed by atoms with Gasteiger partial charge in [-0.05, 0) is 38.3 Å². The van der Waals surface area contributed by atoms with Gasteiger partial charge in [-0.15, -0.1) is 0 Å². The van der Waals surface area contributed by atoms with Crippen molar-refractivity contribution < 1.29 is 5.11 Å². The minimum Gasteiger partial charge on any atom is -0.382 e. The first-order valence-electron chi connectivity index (χ1n) is 5.44. The van der Waals surface area contributed by atoms with Crippen LogP contribution in [-0.4, -0.2) is 24.6 Å². The molecule has 1 atom stereocenters. The van der Waals surface area contributed by atoms with Crippen LogP contribution in [0.2, 0.25) is 0 Å². The van der Waals surface area contributed by atoms with Gasteiger partial charge in [-0.25, -0.2) is 15.0 Å². The third kappa shape index (κ3) is 2.24. The maximum absolute atomic E-state index is 10.3. The Morgan fingerprint density at radius 1 is 1.39 bits per heavy atom. The molecule has 0 radical (unpaired) electrons. The van der Waals surface area contributed by atoms with Gasteiger partial charge in [-0.2, -0.15) is 0 Å². The molecule has 0 aliphatic rings. The fourth-order valence-corrected chi connectivity index (χ4v) is 2.59. The van der Waals surface area contributed by atoms with Crippen molar-refractivity contribution in [3.63, 3.8) is 0 Å². The lowest BCUT2D eigenvalue weighted by atomic mass is 10.2. The standard InChI is InChI=1S/C10H13Br2N5O/c1-3-4-10(12,18)8-15-6(13)5-7(16-8)17(2)9(11)14-5/h18H,3-4H2,1-2H3,(H2,13,15,16). The molecule has 0 fully saturated rings. The van der Waals surface area contributed by atoms with Crippen LogP contribution in [0.3, 0.4) is 0 Å². The van der Waals surface area contributed by atoms with E-state index in [1.54, 1.807) is 4.57 Å². The second-order valence-electron chi connectivity index (χ2n) is 4.05. The Balaban J connectivity index is 2.65. The highest BCUT2D eigenvalue weighted by atomic mass is 79.9. The molecule has 0 saturated carbocycles. The zero-order chi connectivity index (χ0) is 13.5. The molecule has 0 aliphatic heterocycles. The van der Waals surface area contributed by atoms with E-state index in [9.17, 15) is 5.11 Å². The number of aliphatic hydroxyl groups is 1. The van der Waals surface area contributed by atoms with Gasteiger partial charge >= 0.3 is 0 Å². The van der Waals surface area contributed by atoms with Crippen LogP contribution in [0.25, 0.3) is 11.2 Å². The van der Waals surface area contributed by atoms with E-state index in [0.29, 0.717) is 22.3 Å². The molecular weight excluding hydrogens is 366 g/mol. The van der Waals surface area contributed by atoms with E-state index in [-0.39, 0.29) is 11.6 Å². The van der Waals surface area contributed by atoms with Crippen LogP contribution >= 0.6 is 31.9 Å². The number of aromatic nitrogens is 4. The summed E-state index contributed by atoms with van der Waals surface area (Å²) in [6, 6.07) is 0. The molecule has 2 rings (SSSR count). The summed E-state index contributed by atoms with van der Waals surface area (Å²) in [6.07, 6.45) is 1.29. The van der Waals surface area contributed by atoms with Crippen molar-refractivity contribution in [2.24, 2.45) is 7.05 Å². The number of nitrogen functional groups attached to an aromatic ring is 1. The zero-order valence-electron chi connectivity index (χ0n) is 9.98. The molecule has 18 heavy (non-hydrogen) atoms. The van der Waals surface area contributed by atoms with E-state index in [1.807, 2.05) is 14.0 Å². The molecule has 1 unspecified atom stereocenters. The van der Waals surface area contributed by atoms with Crippen LogP contribution in [0, 0.1) is 0 Å². The molecule has 0 amide bonds. The molecule has 8 heteroatoms. The smallest absolute Gasteiger partial charge is 0.179 e. The van der Waals surface area contributed by atoms with Gasteiger partial charge in [0.2, 0.25) is 0 Å². The average Bonchev–Trinajstić information content (AvgIpc) is 2.57. The van der Waals surface area contributed by atoms with Crippen LogP contribution in [0.4, 0.5) is 5.82 Å². The Hall–Kier alpha value is -0.730. The topological polar surface area (TPSA) is 89.9 Å². The second kappa shape index (κ2) is 4.75. The Morgan fingerprint density at radius 2 is 2.06 bits per heavy atom. The number of aryl methyl sites for hydroxylation is 1. The number of anilines is 1. The number of halogens is 2. The monoisotopic (exact) mass is 377 g/mol. The van der Waals surface area contributed by atoms with Crippen molar-refractivity contribution in [3.05, 3.63) is 10.6 Å². The molecule has 0 spiro atoms. The number of fused-ring (bicyclic) bond motifs is 1.